The molecule has 1 rings (SSSR count). The quantitative estimate of drug-likeness (QED) is 0.613. The van der Waals surface area contributed by atoms with E-state index in [4.69, 9.17) is 11.2 Å². The average molecular weight is 154 g/mol. The van der Waals surface area contributed by atoms with E-state index in [0.717, 1.165) is 12.8 Å². The molecule has 0 spiro atoms. The molecule has 62 valence electrons. The third-order valence-electron chi connectivity index (χ3n) is 2.46. The Morgan fingerprint density at radius 2 is 2.36 bits per heavy atom. The first-order valence-electron chi connectivity index (χ1n) is 3.92. The van der Waals surface area contributed by atoms with Crippen LogP contribution in [0.15, 0.2) is 0 Å². The fraction of sp³-hybridized carbons (Fsp3) is 0.778. The molecule has 1 unspecified atom stereocenters. The van der Waals surface area contributed by atoms with Crippen LogP contribution in [0.1, 0.15) is 25.7 Å². The summed E-state index contributed by atoms with van der Waals surface area (Å²) in [5.74, 6) is 2.30. The summed E-state index contributed by atoms with van der Waals surface area (Å²) in [4.78, 5) is 0. The van der Waals surface area contributed by atoms with Crippen molar-refractivity contribution in [1.82, 2.24) is 0 Å². The Bertz CT molecular complexity index is 159. The minimum Gasteiger partial charge on any atom is -0.380 e. The van der Waals surface area contributed by atoms with E-state index in [1.165, 1.54) is 6.42 Å². The van der Waals surface area contributed by atoms with E-state index in [-0.39, 0.29) is 5.60 Å². The van der Waals surface area contributed by atoms with Gasteiger partial charge in [-0.1, -0.05) is 5.92 Å². The molecule has 0 radical (unpaired) electrons. The van der Waals surface area contributed by atoms with Crippen LogP contribution in [0.4, 0.5) is 0 Å². The SMILES string of the molecule is C#CC(O)CC1(OC)CCC1. The molecule has 2 heteroatoms. The molecular formula is C9H14O2. The van der Waals surface area contributed by atoms with Gasteiger partial charge in [0.1, 0.15) is 6.10 Å². The Morgan fingerprint density at radius 3 is 2.64 bits per heavy atom. The maximum Gasteiger partial charge on any atom is 0.117 e. The number of aliphatic hydroxyl groups excluding tert-OH is 1. The van der Waals surface area contributed by atoms with Crippen molar-refractivity contribution in [3.05, 3.63) is 0 Å². The maximum atomic E-state index is 9.17. The first-order valence-corrected chi connectivity index (χ1v) is 3.92. The number of methoxy groups -OCH3 is 1. The number of ether oxygens (including phenoxy) is 1. The van der Waals surface area contributed by atoms with Gasteiger partial charge in [-0.2, -0.15) is 0 Å². The van der Waals surface area contributed by atoms with Crippen LogP contribution in [-0.4, -0.2) is 23.9 Å². The summed E-state index contributed by atoms with van der Waals surface area (Å²) < 4.78 is 5.29. The highest BCUT2D eigenvalue weighted by molar-refractivity contribution is 5.01. The van der Waals surface area contributed by atoms with Crippen LogP contribution in [-0.2, 0) is 4.74 Å². The van der Waals surface area contributed by atoms with Gasteiger partial charge in [-0.25, -0.2) is 0 Å². The Kier molecular flexibility index (Phi) is 2.53. The molecule has 1 aliphatic carbocycles. The molecular weight excluding hydrogens is 140 g/mol. The minimum atomic E-state index is -0.643. The van der Waals surface area contributed by atoms with E-state index in [9.17, 15) is 5.11 Å². The zero-order chi connectivity index (χ0) is 8.32. The molecule has 0 aliphatic heterocycles. The molecule has 1 saturated carbocycles. The number of hydrogen-bond donors (Lipinski definition) is 1. The van der Waals surface area contributed by atoms with Gasteiger partial charge in [0.15, 0.2) is 0 Å². The van der Waals surface area contributed by atoms with E-state index in [1.54, 1.807) is 7.11 Å². The highest BCUT2D eigenvalue weighted by Gasteiger charge is 2.38. The molecule has 0 saturated heterocycles. The van der Waals surface area contributed by atoms with Crippen molar-refractivity contribution in [3.63, 3.8) is 0 Å². The third kappa shape index (κ3) is 1.74. The smallest absolute Gasteiger partial charge is 0.117 e. The van der Waals surface area contributed by atoms with Crippen LogP contribution in [0.25, 0.3) is 0 Å². The summed E-state index contributed by atoms with van der Waals surface area (Å²) in [6, 6.07) is 0. The third-order valence-corrected chi connectivity index (χ3v) is 2.46. The molecule has 0 aromatic carbocycles. The van der Waals surface area contributed by atoms with Gasteiger partial charge in [0.05, 0.1) is 5.60 Å². The number of hydrogen-bond acceptors (Lipinski definition) is 2. The Hall–Kier alpha value is -0.520. The van der Waals surface area contributed by atoms with Gasteiger partial charge in [0.25, 0.3) is 0 Å². The van der Waals surface area contributed by atoms with Crippen molar-refractivity contribution >= 4 is 0 Å². The van der Waals surface area contributed by atoms with E-state index in [1.807, 2.05) is 0 Å². The Labute approximate surface area is 67.6 Å². The van der Waals surface area contributed by atoms with Crippen LogP contribution in [0.3, 0.4) is 0 Å². The fourth-order valence-electron chi connectivity index (χ4n) is 1.47. The molecule has 11 heavy (non-hydrogen) atoms. The molecule has 1 N–H and O–H groups in total. The summed E-state index contributed by atoms with van der Waals surface area (Å²) in [5.41, 5.74) is -0.105. The van der Waals surface area contributed by atoms with E-state index >= 15 is 0 Å². The van der Waals surface area contributed by atoms with Crippen molar-refractivity contribution in [2.24, 2.45) is 0 Å². The predicted octanol–water partition coefficient (Wildman–Crippen LogP) is 0.940. The first kappa shape index (κ1) is 8.58. The van der Waals surface area contributed by atoms with Gasteiger partial charge in [0.2, 0.25) is 0 Å². The molecule has 2 nitrogen and oxygen atoms in total. The number of aliphatic hydroxyl groups is 1. The summed E-state index contributed by atoms with van der Waals surface area (Å²) >= 11 is 0. The summed E-state index contributed by atoms with van der Waals surface area (Å²) in [6.07, 6.45) is 8.24. The lowest BCUT2D eigenvalue weighted by Crippen LogP contribution is -2.41. The highest BCUT2D eigenvalue weighted by atomic mass is 16.5. The lowest BCUT2D eigenvalue weighted by Gasteiger charge is -2.41. The van der Waals surface area contributed by atoms with Crippen LogP contribution >= 0.6 is 0 Å². The van der Waals surface area contributed by atoms with Gasteiger partial charge in [-0.3, -0.25) is 0 Å². The number of terminal acetylenes is 1. The second kappa shape index (κ2) is 3.25. The maximum absolute atomic E-state index is 9.17. The normalized spacial score (nSPS) is 23.4. The molecule has 1 atom stereocenters. The Balaban J connectivity index is 2.39. The topological polar surface area (TPSA) is 29.5 Å². The standard InChI is InChI=1S/C9H14O2/c1-3-8(10)7-9(11-2)5-4-6-9/h1,8,10H,4-7H2,2H3. The molecule has 0 aromatic heterocycles. The minimum absolute atomic E-state index is 0.105. The van der Waals surface area contributed by atoms with Gasteiger partial charge in [0, 0.05) is 13.5 Å². The lowest BCUT2D eigenvalue weighted by molar-refractivity contribution is -0.0922. The molecule has 0 bridgehead atoms. The average Bonchev–Trinajstić information content (AvgIpc) is 1.96. The fourth-order valence-corrected chi connectivity index (χ4v) is 1.47. The van der Waals surface area contributed by atoms with Gasteiger partial charge in [-0.15, -0.1) is 6.42 Å². The van der Waals surface area contributed by atoms with Crippen LogP contribution in [0, 0.1) is 12.3 Å². The monoisotopic (exact) mass is 154 g/mol. The zero-order valence-corrected chi connectivity index (χ0v) is 6.84. The molecule has 1 fully saturated rings. The molecule has 0 amide bonds. The highest BCUT2D eigenvalue weighted by Crippen LogP contribution is 2.38. The largest absolute Gasteiger partial charge is 0.380 e. The van der Waals surface area contributed by atoms with Crippen molar-refractivity contribution in [3.8, 4) is 12.3 Å². The zero-order valence-electron chi connectivity index (χ0n) is 6.84. The second-order valence-corrected chi connectivity index (χ2v) is 3.13. The van der Waals surface area contributed by atoms with Crippen molar-refractivity contribution in [2.75, 3.05) is 7.11 Å². The van der Waals surface area contributed by atoms with Crippen LogP contribution in [0.5, 0.6) is 0 Å². The van der Waals surface area contributed by atoms with Crippen molar-refractivity contribution < 1.29 is 9.84 Å². The summed E-state index contributed by atoms with van der Waals surface area (Å²) in [5, 5.41) is 9.17. The van der Waals surface area contributed by atoms with E-state index < -0.39 is 6.10 Å². The van der Waals surface area contributed by atoms with E-state index in [2.05, 4.69) is 5.92 Å². The molecule has 0 heterocycles. The van der Waals surface area contributed by atoms with Gasteiger partial charge < -0.3 is 9.84 Å². The molecule has 0 aromatic rings. The van der Waals surface area contributed by atoms with Gasteiger partial charge in [-0.05, 0) is 19.3 Å². The van der Waals surface area contributed by atoms with Crippen molar-refractivity contribution in [1.29, 1.82) is 0 Å². The van der Waals surface area contributed by atoms with Gasteiger partial charge >= 0.3 is 0 Å². The Morgan fingerprint density at radius 1 is 1.73 bits per heavy atom. The first-order chi connectivity index (χ1) is 5.22. The molecule has 1 aliphatic rings. The van der Waals surface area contributed by atoms with Crippen LogP contribution < -0.4 is 0 Å². The lowest BCUT2D eigenvalue weighted by atomic mass is 9.76. The van der Waals surface area contributed by atoms with Crippen molar-refractivity contribution in [2.45, 2.75) is 37.4 Å². The number of rotatable bonds is 3. The summed E-state index contributed by atoms with van der Waals surface area (Å²) in [7, 11) is 1.68. The van der Waals surface area contributed by atoms with E-state index in [0.29, 0.717) is 6.42 Å². The predicted molar refractivity (Wildman–Crippen MR) is 43.0 cm³/mol. The van der Waals surface area contributed by atoms with Crippen LogP contribution in [0.2, 0.25) is 0 Å². The second-order valence-electron chi connectivity index (χ2n) is 3.13. The summed E-state index contributed by atoms with van der Waals surface area (Å²) in [6.45, 7) is 0.